The predicted octanol–water partition coefficient (Wildman–Crippen LogP) is 3.24. The van der Waals surface area contributed by atoms with Gasteiger partial charge in [0.15, 0.2) is 5.82 Å². The summed E-state index contributed by atoms with van der Waals surface area (Å²) in [7, 11) is 1.59. The summed E-state index contributed by atoms with van der Waals surface area (Å²) in [5.41, 5.74) is 0.739. The number of hydrogen-bond donors (Lipinski definition) is 1. The van der Waals surface area contributed by atoms with Crippen LogP contribution in [0, 0.1) is 0 Å². The number of carbonyl (C=O) groups is 1. The minimum absolute atomic E-state index is 0.143. The van der Waals surface area contributed by atoms with E-state index in [4.69, 9.17) is 16.3 Å². The van der Waals surface area contributed by atoms with Crippen LogP contribution in [-0.2, 0) is 4.79 Å². The summed E-state index contributed by atoms with van der Waals surface area (Å²) in [5, 5.41) is 8.01. The van der Waals surface area contributed by atoms with E-state index in [0.29, 0.717) is 21.8 Å². The lowest BCUT2D eigenvalue weighted by molar-refractivity contribution is -0.129. The Morgan fingerprint density at radius 1 is 1.42 bits per heavy atom. The van der Waals surface area contributed by atoms with E-state index in [2.05, 4.69) is 15.2 Å². The Morgan fingerprint density at radius 3 is 2.88 bits per heavy atom. The number of aromatic nitrogens is 3. The van der Waals surface area contributed by atoms with Crippen molar-refractivity contribution in [2.45, 2.75) is 30.2 Å². The van der Waals surface area contributed by atoms with Gasteiger partial charge in [-0.1, -0.05) is 23.4 Å². The Labute approximate surface area is 149 Å². The molecule has 1 aliphatic rings. The maximum Gasteiger partial charge on any atom is 0.235 e. The van der Waals surface area contributed by atoms with Crippen LogP contribution in [0.1, 0.15) is 19.8 Å². The van der Waals surface area contributed by atoms with Gasteiger partial charge in [0.2, 0.25) is 11.1 Å². The van der Waals surface area contributed by atoms with Crippen molar-refractivity contribution in [1.29, 1.82) is 0 Å². The van der Waals surface area contributed by atoms with Gasteiger partial charge in [0.1, 0.15) is 5.75 Å². The van der Waals surface area contributed by atoms with Crippen LogP contribution in [0.2, 0.25) is 5.02 Å². The Kier molecular flexibility index (Phi) is 5.30. The van der Waals surface area contributed by atoms with Gasteiger partial charge < -0.3 is 9.64 Å². The van der Waals surface area contributed by atoms with Gasteiger partial charge in [-0.25, -0.2) is 4.98 Å². The minimum Gasteiger partial charge on any atom is -0.496 e. The largest absolute Gasteiger partial charge is 0.496 e. The number of amides is 1. The predicted molar refractivity (Wildman–Crippen MR) is 94.5 cm³/mol. The van der Waals surface area contributed by atoms with Gasteiger partial charge in [-0.05, 0) is 38.0 Å². The average Bonchev–Trinajstić information content (AvgIpc) is 3.26. The summed E-state index contributed by atoms with van der Waals surface area (Å²) < 4.78 is 5.34. The van der Waals surface area contributed by atoms with Crippen LogP contribution in [0.4, 0.5) is 0 Å². The highest BCUT2D eigenvalue weighted by molar-refractivity contribution is 8.00. The first-order valence-electron chi connectivity index (χ1n) is 7.80. The highest BCUT2D eigenvalue weighted by atomic mass is 35.5. The second-order valence-electron chi connectivity index (χ2n) is 5.60. The van der Waals surface area contributed by atoms with Crippen molar-refractivity contribution in [3.63, 3.8) is 0 Å². The second kappa shape index (κ2) is 7.44. The molecule has 0 unspecified atom stereocenters. The monoisotopic (exact) mass is 366 g/mol. The first-order chi connectivity index (χ1) is 11.6. The van der Waals surface area contributed by atoms with Crippen molar-refractivity contribution in [1.82, 2.24) is 20.1 Å². The molecule has 1 aliphatic heterocycles. The molecular weight excluding hydrogens is 348 g/mol. The first-order valence-corrected chi connectivity index (χ1v) is 9.06. The van der Waals surface area contributed by atoms with Gasteiger partial charge in [0, 0.05) is 18.1 Å². The second-order valence-corrected chi connectivity index (χ2v) is 7.35. The van der Waals surface area contributed by atoms with Crippen molar-refractivity contribution in [3.8, 4) is 17.1 Å². The number of thioether (sulfide) groups is 1. The summed E-state index contributed by atoms with van der Waals surface area (Å²) in [6, 6.07) is 5.31. The van der Waals surface area contributed by atoms with Crippen LogP contribution in [-0.4, -0.2) is 51.4 Å². The van der Waals surface area contributed by atoms with Crippen LogP contribution >= 0.6 is 23.4 Å². The molecular formula is C16H19ClN4O2S. The van der Waals surface area contributed by atoms with Gasteiger partial charge in [-0.15, -0.1) is 5.10 Å². The lowest BCUT2D eigenvalue weighted by Crippen LogP contribution is -2.34. The Bertz CT molecular complexity index is 731. The lowest BCUT2D eigenvalue weighted by Gasteiger charge is -2.18. The van der Waals surface area contributed by atoms with Crippen molar-refractivity contribution >= 4 is 29.3 Å². The Hall–Kier alpha value is -1.73. The molecule has 1 N–H and O–H groups in total. The molecule has 0 aliphatic carbocycles. The number of H-pyrrole nitrogens is 1. The van der Waals surface area contributed by atoms with Crippen LogP contribution in [0.5, 0.6) is 5.75 Å². The number of aromatic amines is 1. The molecule has 1 aromatic heterocycles. The number of nitrogens with one attached hydrogen (secondary N) is 1. The number of carbonyl (C=O) groups excluding carboxylic acids is 1. The molecule has 2 heterocycles. The number of halogens is 1. The van der Waals surface area contributed by atoms with Crippen LogP contribution in [0.15, 0.2) is 23.4 Å². The molecule has 1 amide bonds. The zero-order chi connectivity index (χ0) is 17.1. The number of hydrogen-bond acceptors (Lipinski definition) is 5. The van der Waals surface area contributed by atoms with Gasteiger partial charge in [-0.2, -0.15) is 0 Å². The standard InChI is InChI=1S/C16H19ClN4O2S/c1-10(15(22)21-7-3-4-8-21)24-16-18-14(19-20-16)12-9-11(17)5-6-13(12)23-2/h5-6,9-10H,3-4,7-8H2,1-2H3,(H,18,19,20)/t10-/m0/s1. The van der Waals surface area contributed by atoms with E-state index in [1.165, 1.54) is 11.8 Å². The zero-order valence-corrected chi connectivity index (χ0v) is 15.2. The summed E-state index contributed by atoms with van der Waals surface area (Å²) >= 11 is 7.41. The highest BCUT2D eigenvalue weighted by Gasteiger charge is 2.25. The third-order valence-electron chi connectivity index (χ3n) is 3.93. The van der Waals surface area contributed by atoms with E-state index in [9.17, 15) is 4.79 Å². The van der Waals surface area contributed by atoms with Crippen molar-refractivity contribution in [2.75, 3.05) is 20.2 Å². The van der Waals surface area contributed by atoms with E-state index in [1.807, 2.05) is 11.8 Å². The molecule has 1 atom stereocenters. The maximum absolute atomic E-state index is 12.4. The molecule has 8 heteroatoms. The van der Waals surface area contributed by atoms with Crippen molar-refractivity contribution < 1.29 is 9.53 Å². The summed E-state index contributed by atoms with van der Waals surface area (Å²) in [5.74, 6) is 1.37. The number of nitrogens with zero attached hydrogens (tertiary/aromatic N) is 3. The molecule has 128 valence electrons. The van der Waals surface area contributed by atoms with E-state index in [-0.39, 0.29) is 11.2 Å². The molecule has 1 fully saturated rings. The molecule has 0 saturated carbocycles. The molecule has 1 saturated heterocycles. The molecule has 24 heavy (non-hydrogen) atoms. The average molecular weight is 367 g/mol. The van der Waals surface area contributed by atoms with E-state index in [0.717, 1.165) is 31.5 Å². The van der Waals surface area contributed by atoms with Crippen molar-refractivity contribution in [2.24, 2.45) is 0 Å². The normalized spacial score (nSPS) is 15.5. The molecule has 0 radical (unpaired) electrons. The van der Waals surface area contributed by atoms with Crippen LogP contribution in [0.25, 0.3) is 11.4 Å². The topological polar surface area (TPSA) is 71.1 Å². The highest BCUT2D eigenvalue weighted by Crippen LogP contribution is 2.32. The summed E-state index contributed by atoms with van der Waals surface area (Å²) in [6.45, 7) is 3.59. The Morgan fingerprint density at radius 2 is 2.17 bits per heavy atom. The number of likely N-dealkylation sites (tertiary alicyclic amines) is 1. The quantitative estimate of drug-likeness (QED) is 0.822. The van der Waals surface area contributed by atoms with Gasteiger partial charge in [0.05, 0.1) is 17.9 Å². The molecule has 0 bridgehead atoms. The van der Waals surface area contributed by atoms with E-state index < -0.39 is 0 Å². The fourth-order valence-electron chi connectivity index (χ4n) is 2.69. The Balaban J connectivity index is 1.74. The van der Waals surface area contributed by atoms with E-state index in [1.54, 1.807) is 25.3 Å². The van der Waals surface area contributed by atoms with Crippen LogP contribution < -0.4 is 4.74 Å². The minimum atomic E-state index is -0.215. The smallest absolute Gasteiger partial charge is 0.235 e. The van der Waals surface area contributed by atoms with Gasteiger partial charge >= 0.3 is 0 Å². The number of methoxy groups -OCH3 is 1. The first kappa shape index (κ1) is 17.1. The molecule has 0 spiro atoms. The number of ether oxygens (including phenoxy) is 1. The SMILES string of the molecule is COc1ccc(Cl)cc1-c1nc(S[C@@H](C)C(=O)N2CCCC2)n[nH]1. The fourth-order valence-corrected chi connectivity index (χ4v) is 3.67. The molecule has 2 aromatic rings. The zero-order valence-electron chi connectivity index (χ0n) is 13.6. The summed E-state index contributed by atoms with van der Waals surface area (Å²) in [6.07, 6.45) is 2.17. The summed E-state index contributed by atoms with van der Waals surface area (Å²) in [4.78, 5) is 18.7. The van der Waals surface area contributed by atoms with Crippen molar-refractivity contribution in [3.05, 3.63) is 23.2 Å². The number of rotatable bonds is 5. The maximum atomic E-state index is 12.4. The third-order valence-corrected chi connectivity index (χ3v) is 5.11. The number of benzene rings is 1. The van der Waals surface area contributed by atoms with Crippen LogP contribution in [0.3, 0.4) is 0 Å². The lowest BCUT2D eigenvalue weighted by atomic mass is 10.2. The molecule has 6 nitrogen and oxygen atoms in total. The molecule has 3 rings (SSSR count). The molecule has 1 aromatic carbocycles. The third kappa shape index (κ3) is 3.67. The van der Waals surface area contributed by atoms with Gasteiger partial charge in [-0.3, -0.25) is 9.89 Å². The fraction of sp³-hybridized carbons (Fsp3) is 0.438. The van der Waals surface area contributed by atoms with Gasteiger partial charge in [0.25, 0.3) is 0 Å². The van der Waals surface area contributed by atoms with E-state index >= 15 is 0 Å².